The van der Waals surface area contributed by atoms with Crippen LogP contribution in [0.15, 0.2) is 51.7 Å². The Morgan fingerprint density at radius 3 is 2.86 bits per heavy atom. The maximum Gasteiger partial charge on any atom is 0.267 e. The molecule has 0 amide bonds. The summed E-state index contributed by atoms with van der Waals surface area (Å²) in [5.74, 6) is 0.147. The number of ketones is 1. The minimum atomic E-state index is -0.375. The third-order valence-electron chi connectivity index (χ3n) is 3.05. The molecule has 106 valence electrons. The van der Waals surface area contributed by atoms with Gasteiger partial charge in [-0.2, -0.15) is 0 Å². The summed E-state index contributed by atoms with van der Waals surface area (Å²) < 4.78 is 11.5. The van der Waals surface area contributed by atoms with Crippen LogP contribution in [0.2, 0.25) is 0 Å². The van der Waals surface area contributed by atoms with Crippen LogP contribution in [0.4, 0.5) is 0 Å². The average Bonchev–Trinajstić information content (AvgIpc) is 2.93. The van der Waals surface area contributed by atoms with Gasteiger partial charge in [0.05, 0.1) is 7.11 Å². The molecule has 21 heavy (non-hydrogen) atoms. The number of carbonyl (C=O) groups excluding carboxylic acids is 1. The topological polar surface area (TPSA) is 74.3 Å². The highest BCUT2D eigenvalue weighted by atomic mass is 16.5. The average molecular weight is 284 g/mol. The number of para-hydroxylation sites is 1. The van der Waals surface area contributed by atoms with Crippen molar-refractivity contribution in [2.24, 2.45) is 0 Å². The molecule has 0 radical (unpaired) electrons. The molecule has 2 heterocycles. The van der Waals surface area contributed by atoms with Crippen LogP contribution in [0.5, 0.6) is 5.88 Å². The summed E-state index contributed by atoms with van der Waals surface area (Å²) in [5.41, 5.74) is 0.257. The zero-order chi connectivity index (χ0) is 14.8. The number of furan rings is 1. The Kier molecular flexibility index (Phi) is 3.27. The van der Waals surface area contributed by atoms with E-state index in [0.717, 1.165) is 10.1 Å². The van der Waals surface area contributed by atoms with Crippen LogP contribution in [0.25, 0.3) is 11.0 Å². The van der Waals surface area contributed by atoms with Gasteiger partial charge in [-0.05, 0) is 12.1 Å². The van der Waals surface area contributed by atoms with Crippen molar-refractivity contribution in [1.82, 2.24) is 9.78 Å². The lowest BCUT2D eigenvalue weighted by molar-refractivity contribution is 0.0940. The smallest absolute Gasteiger partial charge is 0.267 e. The molecule has 0 fully saturated rings. The van der Waals surface area contributed by atoms with Crippen molar-refractivity contribution in [3.8, 4) is 5.88 Å². The molecule has 0 aliphatic rings. The maximum absolute atomic E-state index is 12.2. The molecule has 0 N–H and O–H groups in total. The summed E-state index contributed by atoms with van der Waals surface area (Å²) >= 11 is 0. The van der Waals surface area contributed by atoms with Crippen molar-refractivity contribution in [2.45, 2.75) is 6.54 Å². The van der Waals surface area contributed by atoms with Crippen LogP contribution in [0.1, 0.15) is 10.6 Å². The summed E-state index contributed by atoms with van der Waals surface area (Å²) in [6, 6.07) is 11.7. The van der Waals surface area contributed by atoms with Crippen molar-refractivity contribution >= 4 is 16.8 Å². The van der Waals surface area contributed by atoms with Crippen molar-refractivity contribution < 1.29 is 13.9 Å². The van der Waals surface area contributed by atoms with Gasteiger partial charge in [-0.25, -0.2) is 4.68 Å². The number of fused-ring (bicyclic) bond motifs is 1. The highest BCUT2D eigenvalue weighted by molar-refractivity contribution is 5.97. The Hall–Kier alpha value is -2.89. The monoisotopic (exact) mass is 284 g/mol. The Balaban J connectivity index is 1.91. The first-order chi connectivity index (χ1) is 10.2. The number of hydrogen-bond donors (Lipinski definition) is 0. The molecule has 0 saturated carbocycles. The molecular weight excluding hydrogens is 272 g/mol. The van der Waals surface area contributed by atoms with Gasteiger partial charge in [-0.3, -0.25) is 9.59 Å². The van der Waals surface area contributed by atoms with Crippen LogP contribution in [-0.4, -0.2) is 22.7 Å². The van der Waals surface area contributed by atoms with Crippen molar-refractivity contribution in [3.05, 3.63) is 58.6 Å². The molecule has 0 spiro atoms. The van der Waals surface area contributed by atoms with Crippen LogP contribution < -0.4 is 10.3 Å². The number of hydrogen-bond acceptors (Lipinski definition) is 5. The van der Waals surface area contributed by atoms with Gasteiger partial charge in [-0.1, -0.05) is 18.2 Å². The molecule has 1 aromatic carbocycles. The minimum Gasteiger partial charge on any atom is -0.480 e. The molecule has 0 bridgehead atoms. The summed E-state index contributed by atoms with van der Waals surface area (Å²) in [7, 11) is 1.44. The minimum absolute atomic E-state index is 0.199. The lowest BCUT2D eigenvalue weighted by atomic mass is 10.2. The van der Waals surface area contributed by atoms with Crippen LogP contribution in [0.3, 0.4) is 0 Å². The van der Waals surface area contributed by atoms with E-state index in [4.69, 9.17) is 9.15 Å². The quantitative estimate of drug-likeness (QED) is 0.684. The Bertz CT molecular complexity index is 830. The summed E-state index contributed by atoms with van der Waals surface area (Å²) in [6.07, 6.45) is 0. The van der Waals surface area contributed by atoms with Crippen LogP contribution in [-0.2, 0) is 6.54 Å². The van der Waals surface area contributed by atoms with Crippen molar-refractivity contribution in [2.75, 3.05) is 7.11 Å². The Morgan fingerprint density at radius 2 is 2.10 bits per heavy atom. The van der Waals surface area contributed by atoms with E-state index >= 15 is 0 Å². The third kappa shape index (κ3) is 2.55. The number of Topliss-reactive ketones (excluding diaryl/α,β-unsaturated/α-hetero) is 1. The number of methoxy groups -OCH3 is 1. The van der Waals surface area contributed by atoms with Gasteiger partial charge in [0, 0.05) is 17.5 Å². The molecule has 0 aliphatic carbocycles. The molecule has 3 rings (SSSR count). The fourth-order valence-electron chi connectivity index (χ4n) is 1.99. The summed E-state index contributed by atoms with van der Waals surface area (Å²) in [4.78, 5) is 23.9. The summed E-state index contributed by atoms with van der Waals surface area (Å²) in [5, 5.41) is 4.77. The SMILES string of the molecule is COc1ccc(=O)n(CC(=O)c2cc3ccccc3o2)n1. The third-order valence-corrected chi connectivity index (χ3v) is 3.05. The van der Waals surface area contributed by atoms with E-state index in [1.165, 1.54) is 19.2 Å². The van der Waals surface area contributed by atoms with Gasteiger partial charge in [-0.15, -0.1) is 5.10 Å². The number of nitrogens with zero attached hydrogens (tertiary/aromatic N) is 2. The molecule has 0 unspecified atom stereocenters. The first-order valence-electron chi connectivity index (χ1n) is 6.31. The van der Waals surface area contributed by atoms with E-state index in [9.17, 15) is 9.59 Å². The maximum atomic E-state index is 12.2. The first kappa shape index (κ1) is 13.1. The lowest BCUT2D eigenvalue weighted by Gasteiger charge is -2.04. The molecule has 0 atom stereocenters. The van der Waals surface area contributed by atoms with Gasteiger partial charge in [0.2, 0.25) is 11.7 Å². The standard InChI is InChI=1S/C15H12N2O4/c1-20-14-6-7-15(19)17(16-14)9-11(18)13-8-10-4-2-3-5-12(10)21-13/h2-8H,9H2,1H3. The van der Waals surface area contributed by atoms with Crippen LogP contribution in [0, 0.1) is 0 Å². The number of benzene rings is 1. The fourth-order valence-corrected chi connectivity index (χ4v) is 1.99. The van der Waals surface area contributed by atoms with Crippen molar-refractivity contribution in [3.63, 3.8) is 0 Å². The molecule has 6 nitrogen and oxygen atoms in total. The van der Waals surface area contributed by atoms with E-state index < -0.39 is 0 Å². The number of rotatable bonds is 4. The van der Waals surface area contributed by atoms with E-state index in [1.54, 1.807) is 12.1 Å². The Morgan fingerprint density at radius 1 is 1.29 bits per heavy atom. The molecule has 2 aromatic heterocycles. The predicted octanol–water partition coefficient (Wildman–Crippen LogP) is 1.88. The van der Waals surface area contributed by atoms with E-state index in [0.29, 0.717) is 5.58 Å². The van der Waals surface area contributed by atoms with E-state index in [1.807, 2.05) is 18.2 Å². The van der Waals surface area contributed by atoms with E-state index in [-0.39, 0.29) is 29.5 Å². The highest BCUT2D eigenvalue weighted by Gasteiger charge is 2.14. The van der Waals surface area contributed by atoms with E-state index in [2.05, 4.69) is 5.10 Å². The van der Waals surface area contributed by atoms with Gasteiger partial charge in [0.15, 0.2) is 5.76 Å². The fraction of sp³-hybridized carbons (Fsp3) is 0.133. The molecule has 0 saturated heterocycles. The zero-order valence-electron chi connectivity index (χ0n) is 11.3. The molecule has 0 aliphatic heterocycles. The zero-order valence-corrected chi connectivity index (χ0v) is 11.3. The molecule has 6 heteroatoms. The largest absolute Gasteiger partial charge is 0.480 e. The molecular formula is C15H12N2O4. The molecule has 3 aromatic rings. The number of carbonyl (C=O) groups is 1. The van der Waals surface area contributed by atoms with Gasteiger partial charge < -0.3 is 9.15 Å². The second-order valence-corrected chi connectivity index (χ2v) is 4.44. The number of ether oxygens (including phenoxy) is 1. The number of aromatic nitrogens is 2. The normalized spacial score (nSPS) is 10.7. The van der Waals surface area contributed by atoms with Gasteiger partial charge in [0.25, 0.3) is 5.56 Å². The van der Waals surface area contributed by atoms with Crippen molar-refractivity contribution in [1.29, 1.82) is 0 Å². The second-order valence-electron chi connectivity index (χ2n) is 4.44. The highest BCUT2D eigenvalue weighted by Crippen LogP contribution is 2.19. The Labute approximate surface area is 119 Å². The lowest BCUT2D eigenvalue weighted by Crippen LogP contribution is -2.26. The summed E-state index contributed by atoms with van der Waals surface area (Å²) in [6.45, 7) is -0.199. The first-order valence-corrected chi connectivity index (χ1v) is 6.31. The van der Waals surface area contributed by atoms with Gasteiger partial charge >= 0.3 is 0 Å². The second kappa shape index (κ2) is 5.24. The predicted molar refractivity (Wildman–Crippen MR) is 75.6 cm³/mol. The van der Waals surface area contributed by atoms with Crippen LogP contribution >= 0.6 is 0 Å². The van der Waals surface area contributed by atoms with Gasteiger partial charge in [0.1, 0.15) is 12.1 Å².